The molecule has 0 atom stereocenters. The Morgan fingerprint density at radius 3 is 1.72 bits per heavy atom. The van der Waals surface area contributed by atoms with E-state index in [1.54, 1.807) is 0 Å². The van der Waals surface area contributed by atoms with Gasteiger partial charge in [-0.3, -0.25) is 10.8 Å². The first-order valence-corrected chi connectivity index (χ1v) is 19.0. The van der Waals surface area contributed by atoms with Crippen LogP contribution in [0.5, 0.6) is 0 Å². The topological polar surface area (TPSA) is 99.3 Å². The molecule has 54 heavy (non-hydrogen) atoms. The fraction of sp³-hybridized carbons (Fsp3) is 0. The molecule has 8 heteroatoms. The number of hydrogen-bond donors (Lipinski definition) is 2. The van der Waals surface area contributed by atoms with Crippen LogP contribution in [0.25, 0.3) is 76.5 Å². The smallest absolute Gasteiger partial charge is 0.166 e. The molecule has 0 saturated heterocycles. The van der Waals surface area contributed by atoms with Crippen molar-refractivity contribution in [2.24, 2.45) is 0 Å². The molecular formula is C46H30N6S2. The number of benzene rings is 6. The van der Waals surface area contributed by atoms with E-state index in [2.05, 4.69) is 83.0 Å². The van der Waals surface area contributed by atoms with Crippen molar-refractivity contribution in [2.75, 3.05) is 0 Å². The third kappa shape index (κ3) is 6.60. The SMILES string of the molecule is N=C(SC(=N)c1cccc(-c2cccc3ccccc23)n1)c1cc(-c2ccccc2)cc(-c2nnc(-c3cccc(-c4cccc5ccccc45)n3)s2)c1. The largest absolute Gasteiger partial charge is 0.293 e. The van der Waals surface area contributed by atoms with Gasteiger partial charge in [-0.2, -0.15) is 0 Å². The lowest BCUT2D eigenvalue weighted by molar-refractivity contribution is 1.09. The molecule has 0 aliphatic carbocycles. The quantitative estimate of drug-likeness (QED) is 0.126. The number of fused-ring (bicyclic) bond motifs is 2. The summed E-state index contributed by atoms with van der Waals surface area (Å²) < 4.78 is 0. The van der Waals surface area contributed by atoms with Gasteiger partial charge in [-0.25, -0.2) is 9.97 Å². The van der Waals surface area contributed by atoms with Crippen molar-refractivity contribution < 1.29 is 0 Å². The van der Waals surface area contributed by atoms with Crippen LogP contribution in [0.15, 0.2) is 170 Å². The highest BCUT2D eigenvalue weighted by Crippen LogP contribution is 2.36. The van der Waals surface area contributed by atoms with Crippen molar-refractivity contribution in [1.29, 1.82) is 10.8 Å². The highest BCUT2D eigenvalue weighted by molar-refractivity contribution is 8.27. The molecule has 6 aromatic carbocycles. The first-order chi connectivity index (χ1) is 26.6. The summed E-state index contributed by atoms with van der Waals surface area (Å²) in [5, 5.41) is 33.9. The van der Waals surface area contributed by atoms with Crippen molar-refractivity contribution in [3.8, 4) is 54.9 Å². The predicted octanol–water partition coefficient (Wildman–Crippen LogP) is 12.1. The third-order valence-electron chi connectivity index (χ3n) is 9.26. The van der Waals surface area contributed by atoms with E-state index in [9.17, 15) is 5.41 Å². The number of nitrogens with zero attached hydrogens (tertiary/aromatic N) is 4. The van der Waals surface area contributed by atoms with Crippen molar-refractivity contribution in [3.05, 3.63) is 181 Å². The van der Waals surface area contributed by atoms with E-state index in [1.165, 1.54) is 16.7 Å². The van der Waals surface area contributed by atoms with Crippen molar-refractivity contribution >= 4 is 54.7 Å². The molecule has 0 radical (unpaired) electrons. The number of rotatable bonds is 7. The van der Waals surface area contributed by atoms with Gasteiger partial charge in [0, 0.05) is 22.3 Å². The van der Waals surface area contributed by atoms with Crippen LogP contribution in [0.3, 0.4) is 0 Å². The molecule has 0 amide bonds. The molecule has 0 saturated carbocycles. The summed E-state index contributed by atoms with van der Waals surface area (Å²) in [6.07, 6.45) is 0. The number of pyridine rings is 2. The maximum atomic E-state index is 9.21. The highest BCUT2D eigenvalue weighted by Gasteiger charge is 2.17. The zero-order chi connectivity index (χ0) is 36.4. The average Bonchev–Trinajstić information content (AvgIpc) is 3.74. The van der Waals surface area contributed by atoms with Gasteiger partial charge >= 0.3 is 0 Å². The minimum Gasteiger partial charge on any atom is -0.293 e. The number of aromatic nitrogens is 4. The number of hydrogen-bond acceptors (Lipinski definition) is 8. The van der Waals surface area contributed by atoms with Crippen molar-refractivity contribution in [3.63, 3.8) is 0 Å². The Morgan fingerprint density at radius 2 is 1.00 bits per heavy atom. The van der Waals surface area contributed by atoms with Gasteiger partial charge in [-0.05, 0) is 86.9 Å². The van der Waals surface area contributed by atoms with Gasteiger partial charge in [0.1, 0.15) is 20.8 Å². The Morgan fingerprint density at radius 1 is 0.444 bits per heavy atom. The summed E-state index contributed by atoms with van der Waals surface area (Å²) in [6, 6.07) is 56.9. The molecule has 9 aromatic rings. The first-order valence-electron chi connectivity index (χ1n) is 17.4. The second kappa shape index (κ2) is 14.4. The molecule has 3 aromatic heterocycles. The van der Waals surface area contributed by atoms with Crippen LogP contribution in [-0.2, 0) is 0 Å². The molecule has 0 spiro atoms. The summed E-state index contributed by atoms with van der Waals surface area (Å²) >= 11 is 2.55. The lowest BCUT2D eigenvalue weighted by atomic mass is 10.0. The Balaban J connectivity index is 1.03. The maximum absolute atomic E-state index is 9.21. The van der Waals surface area contributed by atoms with Gasteiger partial charge in [0.15, 0.2) is 5.01 Å². The number of thioether (sulfide) groups is 1. The molecule has 0 aliphatic rings. The molecule has 256 valence electrons. The highest BCUT2D eigenvalue weighted by atomic mass is 32.2. The molecule has 6 nitrogen and oxygen atoms in total. The van der Waals surface area contributed by atoms with Gasteiger partial charge in [0.25, 0.3) is 0 Å². The van der Waals surface area contributed by atoms with Crippen LogP contribution >= 0.6 is 23.1 Å². The zero-order valence-electron chi connectivity index (χ0n) is 28.8. The van der Waals surface area contributed by atoms with Crippen LogP contribution in [0.2, 0.25) is 0 Å². The fourth-order valence-electron chi connectivity index (χ4n) is 6.65. The Hall–Kier alpha value is -6.61. The average molecular weight is 731 g/mol. The molecule has 0 fully saturated rings. The van der Waals surface area contributed by atoms with E-state index in [1.807, 2.05) is 97.1 Å². The molecule has 2 N–H and O–H groups in total. The Labute approximate surface area is 320 Å². The molecule has 0 unspecified atom stereocenters. The van der Waals surface area contributed by atoms with E-state index in [4.69, 9.17) is 15.4 Å². The summed E-state index contributed by atoms with van der Waals surface area (Å²) in [5.41, 5.74) is 8.49. The van der Waals surface area contributed by atoms with Gasteiger partial charge in [-0.1, -0.05) is 139 Å². The second-order valence-electron chi connectivity index (χ2n) is 12.7. The minimum atomic E-state index is 0.198. The lowest BCUT2D eigenvalue weighted by Gasteiger charge is -2.11. The first kappa shape index (κ1) is 33.2. The van der Waals surface area contributed by atoms with Crippen LogP contribution in [0.4, 0.5) is 0 Å². The van der Waals surface area contributed by atoms with Crippen LogP contribution in [0.1, 0.15) is 11.3 Å². The van der Waals surface area contributed by atoms with E-state index in [-0.39, 0.29) is 10.1 Å². The van der Waals surface area contributed by atoms with E-state index >= 15 is 0 Å². The van der Waals surface area contributed by atoms with Gasteiger partial charge < -0.3 is 0 Å². The minimum absolute atomic E-state index is 0.198. The van der Waals surface area contributed by atoms with E-state index < -0.39 is 0 Å². The lowest BCUT2D eigenvalue weighted by Crippen LogP contribution is -2.04. The Bertz CT molecular complexity index is 2850. The molecular weight excluding hydrogens is 701 g/mol. The molecule has 3 heterocycles. The molecule has 0 bridgehead atoms. The Kier molecular flexibility index (Phi) is 8.88. The summed E-state index contributed by atoms with van der Waals surface area (Å²) in [4.78, 5) is 9.90. The second-order valence-corrected chi connectivity index (χ2v) is 14.7. The number of nitrogens with one attached hydrogen (secondary N) is 2. The molecule has 0 aliphatic heterocycles. The standard InChI is InChI=1S/C46H30N6S2/c47-43(53-44(48)41-24-10-22-39(49-41)37-20-8-16-30-14-4-6-18-35(30)37)33-26-32(29-12-2-1-3-13-29)27-34(28-33)45-51-52-46(54-45)42-25-11-23-40(50-42)38-21-9-17-31-15-5-7-19-36(31)38/h1-28,47-48H. The molecule has 9 rings (SSSR count). The zero-order valence-corrected chi connectivity index (χ0v) is 30.4. The van der Waals surface area contributed by atoms with Gasteiger partial charge in [0.2, 0.25) is 0 Å². The van der Waals surface area contributed by atoms with Gasteiger partial charge in [0.05, 0.1) is 17.1 Å². The third-order valence-corrected chi connectivity index (χ3v) is 11.1. The van der Waals surface area contributed by atoms with E-state index in [0.717, 1.165) is 77.8 Å². The van der Waals surface area contributed by atoms with Crippen molar-refractivity contribution in [1.82, 2.24) is 20.2 Å². The van der Waals surface area contributed by atoms with E-state index in [0.29, 0.717) is 16.3 Å². The predicted molar refractivity (Wildman–Crippen MR) is 225 cm³/mol. The maximum Gasteiger partial charge on any atom is 0.166 e. The van der Waals surface area contributed by atoms with Crippen LogP contribution < -0.4 is 0 Å². The van der Waals surface area contributed by atoms with Gasteiger partial charge in [-0.15, -0.1) is 10.2 Å². The fourth-order valence-corrected chi connectivity index (χ4v) is 8.11. The summed E-state index contributed by atoms with van der Waals surface area (Å²) in [5.74, 6) is 0. The normalized spacial score (nSPS) is 11.2. The van der Waals surface area contributed by atoms with Crippen LogP contribution in [0, 0.1) is 10.8 Å². The monoisotopic (exact) mass is 730 g/mol. The summed E-state index contributed by atoms with van der Waals surface area (Å²) in [6.45, 7) is 0. The van der Waals surface area contributed by atoms with Crippen molar-refractivity contribution in [2.45, 2.75) is 0 Å². The summed E-state index contributed by atoms with van der Waals surface area (Å²) in [7, 11) is 0. The van der Waals surface area contributed by atoms with Crippen LogP contribution in [-0.4, -0.2) is 30.3 Å².